The average molecular weight is 495 g/mol. The standard InChI is InChI=1S/C24H17N3O2.C7H17N/c1-15-8-10-16(11-9-15)17-12-25-23-22(13-26-27(23)14-17)20-6-2-5-19-18(20)4-3-7-21(19)24(28)29;1-3-5-7-8-6-4-2/h2-14H,1H3,(H,28,29);8H,3-7H2,1-2H3. The minimum Gasteiger partial charge on any atom is -0.478 e. The lowest BCUT2D eigenvalue weighted by atomic mass is 9.97. The molecule has 2 aromatic heterocycles. The van der Waals surface area contributed by atoms with E-state index in [2.05, 4.69) is 60.4 Å². The Labute approximate surface area is 218 Å². The molecular formula is C31H34N4O2. The molecule has 0 saturated carbocycles. The molecule has 3 aromatic carbocycles. The summed E-state index contributed by atoms with van der Waals surface area (Å²) in [4.78, 5) is 16.3. The van der Waals surface area contributed by atoms with E-state index in [1.807, 2.05) is 36.7 Å². The second kappa shape index (κ2) is 12.3. The zero-order valence-electron chi connectivity index (χ0n) is 21.7. The van der Waals surface area contributed by atoms with Gasteiger partial charge in [-0.2, -0.15) is 5.10 Å². The molecule has 0 aliphatic rings. The predicted octanol–water partition coefficient (Wildman–Crippen LogP) is 7.01. The van der Waals surface area contributed by atoms with Crippen LogP contribution in [0, 0.1) is 6.92 Å². The summed E-state index contributed by atoms with van der Waals surface area (Å²) in [6.07, 6.45) is 9.47. The lowest BCUT2D eigenvalue weighted by Gasteiger charge is -2.08. The molecule has 5 aromatic rings. The maximum Gasteiger partial charge on any atom is 0.336 e. The Hall–Kier alpha value is -4.03. The quantitative estimate of drug-likeness (QED) is 0.227. The highest BCUT2D eigenvalue weighted by atomic mass is 16.4. The van der Waals surface area contributed by atoms with Gasteiger partial charge in [-0.15, -0.1) is 0 Å². The number of nitrogens with zero attached hydrogens (tertiary/aromatic N) is 3. The van der Waals surface area contributed by atoms with Crippen molar-refractivity contribution < 1.29 is 9.90 Å². The third-order valence-corrected chi connectivity index (χ3v) is 6.32. The number of carboxylic acids is 1. The number of aromatic carboxylic acids is 1. The van der Waals surface area contributed by atoms with E-state index >= 15 is 0 Å². The van der Waals surface area contributed by atoms with Crippen molar-refractivity contribution in [1.29, 1.82) is 0 Å². The third-order valence-electron chi connectivity index (χ3n) is 6.32. The van der Waals surface area contributed by atoms with Gasteiger partial charge in [0.2, 0.25) is 0 Å². The van der Waals surface area contributed by atoms with Gasteiger partial charge in [0.15, 0.2) is 5.65 Å². The molecule has 6 nitrogen and oxygen atoms in total. The Morgan fingerprint density at radius 1 is 0.865 bits per heavy atom. The normalized spacial score (nSPS) is 10.9. The summed E-state index contributed by atoms with van der Waals surface area (Å²) >= 11 is 0. The van der Waals surface area contributed by atoms with Crippen LogP contribution in [0.15, 0.2) is 79.3 Å². The molecule has 190 valence electrons. The highest BCUT2D eigenvalue weighted by Crippen LogP contribution is 2.33. The molecule has 0 radical (unpaired) electrons. The molecule has 37 heavy (non-hydrogen) atoms. The van der Waals surface area contributed by atoms with E-state index in [4.69, 9.17) is 0 Å². The summed E-state index contributed by atoms with van der Waals surface area (Å²) in [5.74, 6) is -0.937. The maximum absolute atomic E-state index is 11.6. The maximum atomic E-state index is 11.6. The number of benzene rings is 3. The first-order valence-corrected chi connectivity index (χ1v) is 12.9. The monoisotopic (exact) mass is 494 g/mol. The Morgan fingerprint density at radius 2 is 1.62 bits per heavy atom. The Kier molecular flexibility index (Phi) is 8.64. The van der Waals surface area contributed by atoms with Crippen LogP contribution in [0.25, 0.3) is 38.7 Å². The fraction of sp³-hybridized carbons (Fsp3) is 0.258. The SMILES string of the molecule is CCCCNCCC.Cc1ccc(-c2cnc3c(-c4cccc5c(C(=O)O)cccc45)cnn3c2)cc1. The van der Waals surface area contributed by atoms with Gasteiger partial charge in [-0.25, -0.2) is 14.3 Å². The van der Waals surface area contributed by atoms with Gasteiger partial charge >= 0.3 is 5.97 Å². The van der Waals surface area contributed by atoms with Crippen LogP contribution in [-0.2, 0) is 0 Å². The van der Waals surface area contributed by atoms with Crippen LogP contribution >= 0.6 is 0 Å². The van der Waals surface area contributed by atoms with Gasteiger partial charge in [-0.05, 0) is 60.8 Å². The number of carbonyl (C=O) groups is 1. The summed E-state index contributed by atoms with van der Waals surface area (Å²) < 4.78 is 1.77. The van der Waals surface area contributed by atoms with Crippen LogP contribution in [0.2, 0.25) is 0 Å². The molecule has 2 N–H and O–H groups in total. The highest BCUT2D eigenvalue weighted by Gasteiger charge is 2.15. The number of rotatable bonds is 8. The topological polar surface area (TPSA) is 79.5 Å². The Bertz CT molecular complexity index is 1480. The summed E-state index contributed by atoms with van der Waals surface area (Å²) in [5, 5.41) is 18.9. The first-order chi connectivity index (χ1) is 18.0. The van der Waals surface area contributed by atoms with E-state index in [1.165, 1.54) is 37.9 Å². The number of hydrogen-bond donors (Lipinski definition) is 2. The molecule has 0 fully saturated rings. The van der Waals surface area contributed by atoms with Crippen LogP contribution < -0.4 is 5.32 Å². The molecule has 2 heterocycles. The van der Waals surface area contributed by atoms with E-state index < -0.39 is 5.97 Å². The number of hydrogen-bond acceptors (Lipinski definition) is 4. The van der Waals surface area contributed by atoms with Gasteiger partial charge < -0.3 is 10.4 Å². The summed E-state index contributed by atoms with van der Waals surface area (Å²) in [6, 6.07) is 19.3. The van der Waals surface area contributed by atoms with E-state index in [0.717, 1.165) is 33.3 Å². The molecule has 0 aliphatic heterocycles. The summed E-state index contributed by atoms with van der Waals surface area (Å²) in [7, 11) is 0. The highest BCUT2D eigenvalue weighted by molar-refractivity contribution is 6.09. The van der Waals surface area contributed by atoms with Crippen molar-refractivity contribution in [3.05, 3.63) is 90.4 Å². The average Bonchev–Trinajstić information content (AvgIpc) is 3.34. The predicted molar refractivity (Wildman–Crippen MR) is 151 cm³/mol. The fourth-order valence-electron chi connectivity index (χ4n) is 4.29. The van der Waals surface area contributed by atoms with Crippen molar-refractivity contribution >= 4 is 22.4 Å². The first kappa shape index (κ1) is 26.0. The molecular weight excluding hydrogens is 460 g/mol. The smallest absolute Gasteiger partial charge is 0.336 e. The molecule has 0 aliphatic carbocycles. The number of unbranched alkanes of at least 4 members (excludes halogenated alkanes) is 1. The lowest BCUT2D eigenvalue weighted by molar-refractivity contribution is 0.0699. The molecule has 0 bridgehead atoms. The zero-order valence-corrected chi connectivity index (χ0v) is 21.7. The second-order valence-electron chi connectivity index (χ2n) is 9.15. The van der Waals surface area contributed by atoms with Crippen LogP contribution in [0.5, 0.6) is 0 Å². The van der Waals surface area contributed by atoms with E-state index in [1.54, 1.807) is 22.8 Å². The summed E-state index contributed by atoms with van der Waals surface area (Å²) in [6.45, 7) is 8.85. The third kappa shape index (κ3) is 6.04. The fourth-order valence-corrected chi connectivity index (χ4v) is 4.29. The van der Waals surface area contributed by atoms with Gasteiger partial charge in [0.1, 0.15) is 0 Å². The van der Waals surface area contributed by atoms with E-state index in [9.17, 15) is 9.90 Å². The minimum atomic E-state index is -0.937. The van der Waals surface area contributed by atoms with Crippen LogP contribution in [-0.4, -0.2) is 38.8 Å². The second-order valence-corrected chi connectivity index (χ2v) is 9.15. The molecule has 6 heteroatoms. The molecule has 0 spiro atoms. The molecule has 0 saturated heterocycles. The van der Waals surface area contributed by atoms with Gasteiger partial charge in [0.05, 0.1) is 11.8 Å². The van der Waals surface area contributed by atoms with Crippen LogP contribution in [0.3, 0.4) is 0 Å². The number of fused-ring (bicyclic) bond motifs is 2. The van der Waals surface area contributed by atoms with Crippen molar-refractivity contribution in [2.75, 3.05) is 13.1 Å². The van der Waals surface area contributed by atoms with Crippen molar-refractivity contribution in [1.82, 2.24) is 19.9 Å². The molecule has 5 rings (SSSR count). The van der Waals surface area contributed by atoms with E-state index in [-0.39, 0.29) is 5.56 Å². The van der Waals surface area contributed by atoms with Crippen molar-refractivity contribution in [3.63, 3.8) is 0 Å². The molecule has 0 atom stereocenters. The number of nitrogens with one attached hydrogen (secondary N) is 1. The number of aromatic nitrogens is 3. The molecule has 0 unspecified atom stereocenters. The number of aryl methyl sites for hydroxylation is 1. The van der Waals surface area contributed by atoms with Crippen LogP contribution in [0.1, 0.15) is 49.0 Å². The van der Waals surface area contributed by atoms with E-state index in [0.29, 0.717) is 5.39 Å². The largest absolute Gasteiger partial charge is 0.478 e. The lowest BCUT2D eigenvalue weighted by Crippen LogP contribution is -2.15. The zero-order chi connectivity index (χ0) is 26.2. The van der Waals surface area contributed by atoms with Crippen molar-refractivity contribution in [3.8, 4) is 22.3 Å². The van der Waals surface area contributed by atoms with Crippen molar-refractivity contribution in [2.24, 2.45) is 0 Å². The minimum absolute atomic E-state index is 0.287. The van der Waals surface area contributed by atoms with Crippen molar-refractivity contribution in [2.45, 2.75) is 40.0 Å². The van der Waals surface area contributed by atoms with Gasteiger partial charge in [-0.1, -0.05) is 80.4 Å². The number of carboxylic acid groups (broad SMARTS) is 1. The van der Waals surface area contributed by atoms with Gasteiger partial charge in [-0.3, -0.25) is 0 Å². The van der Waals surface area contributed by atoms with Gasteiger partial charge in [0, 0.05) is 23.5 Å². The van der Waals surface area contributed by atoms with Gasteiger partial charge in [0.25, 0.3) is 0 Å². The summed E-state index contributed by atoms with van der Waals surface area (Å²) in [5.41, 5.74) is 6.08. The first-order valence-electron chi connectivity index (χ1n) is 12.9. The Morgan fingerprint density at radius 3 is 2.35 bits per heavy atom. The Balaban J connectivity index is 0.000000349. The molecule has 0 amide bonds. The van der Waals surface area contributed by atoms with Crippen LogP contribution in [0.4, 0.5) is 0 Å².